The molecule has 1 N–H and O–H groups in total. The van der Waals surface area contributed by atoms with Crippen molar-refractivity contribution in [2.75, 3.05) is 33.4 Å². The molecule has 120 valence electrons. The van der Waals surface area contributed by atoms with Gasteiger partial charge in [-0.15, -0.1) is 0 Å². The maximum atomic E-state index is 12.5. The highest BCUT2D eigenvalue weighted by Crippen LogP contribution is 2.21. The number of ether oxygens (including phenoxy) is 2. The fraction of sp³-hybridized carbons (Fsp3) is 0.500. The van der Waals surface area contributed by atoms with E-state index in [1.165, 1.54) is 0 Å². The third-order valence-corrected chi connectivity index (χ3v) is 3.75. The summed E-state index contributed by atoms with van der Waals surface area (Å²) in [6.45, 7) is 1.75. The molecule has 1 aromatic carbocycles. The van der Waals surface area contributed by atoms with Gasteiger partial charge in [0.2, 0.25) is 0 Å². The van der Waals surface area contributed by atoms with Crippen molar-refractivity contribution in [3.05, 3.63) is 29.8 Å². The molecule has 0 aliphatic carbocycles. The van der Waals surface area contributed by atoms with Crippen molar-refractivity contribution >= 4 is 11.9 Å². The van der Waals surface area contributed by atoms with E-state index in [2.05, 4.69) is 0 Å². The first kappa shape index (κ1) is 16.3. The molecule has 1 aliphatic heterocycles. The number of carbonyl (C=O) groups excluding carboxylic acids is 1. The Hall–Kier alpha value is -2.08. The van der Waals surface area contributed by atoms with Crippen LogP contribution in [0.3, 0.4) is 0 Å². The number of methoxy groups -OCH3 is 1. The zero-order valence-corrected chi connectivity index (χ0v) is 12.7. The number of carbonyl (C=O) groups is 2. The molecule has 1 heterocycles. The van der Waals surface area contributed by atoms with Gasteiger partial charge in [-0.05, 0) is 37.0 Å². The number of hydrogen-bond acceptors (Lipinski definition) is 4. The number of hydrogen-bond donors (Lipinski definition) is 1. The van der Waals surface area contributed by atoms with Gasteiger partial charge in [0.1, 0.15) is 5.75 Å². The highest BCUT2D eigenvalue weighted by molar-refractivity contribution is 5.94. The lowest BCUT2D eigenvalue weighted by Crippen LogP contribution is -2.39. The third-order valence-electron chi connectivity index (χ3n) is 3.75. The minimum Gasteiger partial charge on any atom is -0.482 e. The van der Waals surface area contributed by atoms with E-state index >= 15 is 0 Å². The number of amides is 1. The number of aliphatic carboxylic acids is 1. The standard InChI is InChI=1S/C16H21NO5/c1-21-10-12-5-7-17(8-6-12)16(20)13-3-2-4-14(9-13)22-11-15(18)19/h2-4,9,12H,5-8,10-11H2,1H3,(H,18,19). The van der Waals surface area contributed by atoms with Gasteiger partial charge in [-0.1, -0.05) is 6.07 Å². The molecule has 1 amide bonds. The smallest absolute Gasteiger partial charge is 0.341 e. The summed E-state index contributed by atoms with van der Waals surface area (Å²) in [6.07, 6.45) is 1.88. The maximum Gasteiger partial charge on any atom is 0.341 e. The fourth-order valence-corrected chi connectivity index (χ4v) is 2.58. The molecule has 0 bridgehead atoms. The predicted molar refractivity (Wildman–Crippen MR) is 80.1 cm³/mol. The van der Waals surface area contributed by atoms with Crippen molar-refractivity contribution in [3.63, 3.8) is 0 Å². The number of carboxylic acid groups (broad SMARTS) is 1. The lowest BCUT2D eigenvalue weighted by molar-refractivity contribution is -0.139. The Balaban J connectivity index is 1.95. The Morgan fingerprint density at radius 1 is 1.32 bits per heavy atom. The Kier molecular flexibility index (Phi) is 5.77. The Bertz CT molecular complexity index is 523. The molecule has 1 aliphatic rings. The van der Waals surface area contributed by atoms with Crippen molar-refractivity contribution in [2.24, 2.45) is 5.92 Å². The quantitative estimate of drug-likeness (QED) is 0.865. The molecule has 2 rings (SSSR count). The molecule has 6 heteroatoms. The fourth-order valence-electron chi connectivity index (χ4n) is 2.58. The summed E-state index contributed by atoms with van der Waals surface area (Å²) >= 11 is 0. The molecular formula is C16H21NO5. The molecule has 1 aromatic rings. The van der Waals surface area contributed by atoms with E-state index in [1.54, 1.807) is 31.4 Å². The first-order chi connectivity index (χ1) is 10.6. The topological polar surface area (TPSA) is 76.1 Å². The van der Waals surface area contributed by atoms with Gasteiger partial charge in [0.15, 0.2) is 6.61 Å². The van der Waals surface area contributed by atoms with Crippen LogP contribution >= 0.6 is 0 Å². The Morgan fingerprint density at radius 3 is 2.68 bits per heavy atom. The number of rotatable bonds is 6. The van der Waals surface area contributed by atoms with E-state index in [9.17, 15) is 9.59 Å². The zero-order chi connectivity index (χ0) is 15.9. The second-order valence-electron chi connectivity index (χ2n) is 5.40. The number of likely N-dealkylation sites (tertiary alicyclic amines) is 1. The number of piperidine rings is 1. The molecule has 22 heavy (non-hydrogen) atoms. The van der Waals surface area contributed by atoms with Gasteiger partial charge in [-0.2, -0.15) is 0 Å². The lowest BCUT2D eigenvalue weighted by atomic mass is 9.97. The molecule has 0 saturated carbocycles. The molecule has 0 aromatic heterocycles. The maximum absolute atomic E-state index is 12.5. The molecule has 1 fully saturated rings. The van der Waals surface area contributed by atoms with Crippen molar-refractivity contribution in [2.45, 2.75) is 12.8 Å². The van der Waals surface area contributed by atoms with Crippen LogP contribution in [-0.2, 0) is 9.53 Å². The van der Waals surface area contributed by atoms with Crippen LogP contribution < -0.4 is 4.74 Å². The van der Waals surface area contributed by atoms with Crippen LogP contribution in [0.4, 0.5) is 0 Å². The van der Waals surface area contributed by atoms with Crippen LogP contribution in [0.1, 0.15) is 23.2 Å². The van der Waals surface area contributed by atoms with Crippen LogP contribution in [0.2, 0.25) is 0 Å². The molecule has 0 atom stereocenters. The van der Waals surface area contributed by atoms with Crippen molar-refractivity contribution in [1.29, 1.82) is 0 Å². The van der Waals surface area contributed by atoms with Crippen molar-refractivity contribution in [1.82, 2.24) is 4.90 Å². The minimum absolute atomic E-state index is 0.0448. The second-order valence-corrected chi connectivity index (χ2v) is 5.40. The van der Waals surface area contributed by atoms with Crippen LogP contribution in [0, 0.1) is 5.92 Å². The number of carboxylic acids is 1. The van der Waals surface area contributed by atoms with Crippen molar-refractivity contribution < 1.29 is 24.2 Å². The van der Waals surface area contributed by atoms with Gasteiger partial charge < -0.3 is 19.5 Å². The molecular weight excluding hydrogens is 286 g/mol. The Morgan fingerprint density at radius 2 is 2.05 bits per heavy atom. The van der Waals surface area contributed by atoms with Gasteiger partial charge in [0.05, 0.1) is 0 Å². The molecule has 6 nitrogen and oxygen atoms in total. The first-order valence-electron chi connectivity index (χ1n) is 7.33. The molecule has 0 spiro atoms. The largest absolute Gasteiger partial charge is 0.482 e. The summed E-state index contributed by atoms with van der Waals surface area (Å²) in [5.41, 5.74) is 0.521. The zero-order valence-electron chi connectivity index (χ0n) is 12.7. The summed E-state index contributed by atoms with van der Waals surface area (Å²) in [6, 6.07) is 6.65. The van der Waals surface area contributed by atoms with Gasteiger partial charge in [-0.3, -0.25) is 4.79 Å². The highest BCUT2D eigenvalue weighted by atomic mass is 16.5. The highest BCUT2D eigenvalue weighted by Gasteiger charge is 2.23. The molecule has 0 radical (unpaired) electrons. The minimum atomic E-state index is -1.04. The van der Waals surface area contributed by atoms with Gasteiger partial charge in [0.25, 0.3) is 5.91 Å². The van der Waals surface area contributed by atoms with Gasteiger partial charge in [0, 0.05) is 32.4 Å². The predicted octanol–water partition coefficient (Wildman–Crippen LogP) is 1.65. The molecule has 0 unspecified atom stereocenters. The average molecular weight is 307 g/mol. The number of nitrogens with zero attached hydrogens (tertiary/aromatic N) is 1. The molecule has 1 saturated heterocycles. The van der Waals surface area contributed by atoms with E-state index in [0.717, 1.165) is 19.4 Å². The summed E-state index contributed by atoms with van der Waals surface area (Å²) < 4.78 is 10.3. The van der Waals surface area contributed by atoms with Crippen molar-refractivity contribution in [3.8, 4) is 5.75 Å². The first-order valence-corrected chi connectivity index (χ1v) is 7.33. The van der Waals surface area contributed by atoms with E-state index < -0.39 is 12.6 Å². The van der Waals surface area contributed by atoms with Crippen LogP contribution in [-0.4, -0.2) is 55.3 Å². The SMILES string of the molecule is COCC1CCN(C(=O)c2cccc(OCC(=O)O)c2)CC1. The summed E-state index contributed by atoms with van der Waals surface area (Å²) in [4.78, 5) is 24.8. The van der Waals surface area contributed by atoms with Crippen LogP contribution in [0.15, 0.2) is 24.3 Å². The lowest BCUT2D eigenvalue weighted by Gasteiger charge is -2.31. The van der Waals surface area contributed by atoms with Gasteiger partial charge >= 0.3 is 5.97 Å². The third kappa shape index (κ3) is 4.46. The second kappa shape index (κ2) is 7.79. The monoisotopic (exact) mass is 307 g/mol. The number of benzene rings is 1. The summed E-state index contributed by atoms with van der Waals surface area (Å²) in [7, 11) is 1.69. The van der Waals surface area contributed by atoms with E-state index in [0.29, 0.717) is 30.3 Å². The van der Waals surface area contributed by atoms with Gasteiger partial charge in [-0.25, -0.2) is 4.79 Å². The van der Waals surface area contributed by atoms with Crippen LogP contribution in [0.5, 0.6) is 5.75 Å². The van der Waals surface area contributed by atoms with E-state index in [-0.39, 0.29) is 5.91 Å². The summed E-state index contributed by atoms with van der Waals surface area (Å²) in [5.74, 6) is -0.185. The Labute approximate surface area is 129 Å². The van der Waals surface area contributed by atoms with E-state index in [4.69, 9.17) is 14.6 Å². The normalized spacial score (nSPS) is 15.6. The van der Waals surface area contributed by atoms with Crippen LogP contribution in [0.25, 0.3) is 0 Å². The van der Waals surface area contributed by atoms with E-state index in [1.807, 2.05) is 4.90 Å². The summed E-state index contributed by atoms with van der Waals surface area (Å²) in [5, 5.41) is 8.62. The average Bonchev–Trinajstić information content (AvgIpc) is 2.53.